The van der Waals surface area contributed by atoms with E-state index in [4.69, 9.17) is 15.6 Å². The van der Waals surface area contributed by atoms with Crippen molar-refractivity contribution in [3.63, 3.8) is 0 Å². The lowest BCUT2D eigenvalue weighted by atomic mass is 9.31. The van der Waals surface area contributed by atoms with Gasteiger partial charge in [0.05, 0.1) is 7.11 Å². The van der Waals surface area contributed by atoms with Crippen molar-refractivity contribution in [3.8, 4) is 5.75 Å². The van der Waals surface area contributed by atoms with Crippen LogP contribution in [0.5, 0.6) is 5.75 Å². The summed E-state index contributed by atoms with van der Waals surface area (Å²) in [5, 5.41) is 9.04. The maximum Gasteiger partial charge on any atom is 0.321 e. The Bertz CT molecular complexity index is 533. The Labute approximate surface area is 112 Å². The summed E-state index contributed by atoms with van der Waals surface area (Å²) < 4.78 is 5.22. The standard InChI is InChI=1S/C15H19NO3/c1-9-5-10(19-2)3-4-11(9)14-6-15(7-14,8-14)12(16)13(17)18/h3-5,12H,6-8,16H2,1-2H3,(H,17,18). The van der Waals surface area contributed by atoms with Gasteiger partial charge >= 0.3 is 5.97 Å². The highest BCUT2D eigenvalue weighted by atomic mass is 16.5. The lowest BCUT2D eigenvalue weighted by Gasteiger charge is -2.72. The molecule has 0 aromatic heterocycles. The van der Waals surface area contributed by atoms with E-state index in [1.807, 2.05) is 12.1 Å². The molecule has 1 aromatic carbocycles. The van der Waals surface area contributed by atoms with Gasteiger partial charge in [0, 0.05) is 0 Å². The normalized spacial score (nSPS) is 33.0. The second kappa shape index (κ2) is 3.73. The number of nitrogens with two attached hydrogens (primary N) is 1. The van der Waals surface area contributed by atoms with Crippen LogP contribution in [0, 0.1) is 12.3 Å². The van der Waals surface area contributed by atoms with Gasteiger partial charge in [-0.1, -0.05) is 6.07 Å². The van der Waals surface area contributed by atoms with E-state index in [-0.39, 0.29) is 10.8 Å². The fourth-order valence-electron chi connectivity index (χ4n) is 4.10. The maximum absolute atomic E-state index is 11.0. The Balaban J connectivity index is 1.80. The largest absolute Gasteiger partial charge is 0.497 e. The molecule has 0 radical (unpaired) electrons. The summed E-state index contributed by atoms with van der Waals surface area (Å²) in [5.74, 6) is -0.00968. The van der Waals surface area contributed by atoms with E-state index in [2.05, 4.69) is 13.0 Å². The van der Waals surface area contributed by atoms with Gasteiger partial charge in [0.25, 0.3) is 0 Å². The summed E-state index contributed by atoms with van der Waals surface area (Å²) in [4.78, 5) is 11.0. The number of hydrogen-bond donors (Lipinski definition) is 2. The summed E-state index contributed by atoms with van der Waals surface area (Å²) in [6, 6.07) is 5.42. The summed E-state index contributed by atoms with van der Waals surface area (Å²) in [5.41, 5.74) is 8.36. The SMILES string of the molecule is COc1ccc(C23CC(C(N)C(=O)O)(C2)C3)c(C)c1. The first-order valence-corrected chi connectivity index (χ1v) is 6.56. The van der Waals surface area contributed by atoms with Crippen molar-refractivity contribution in [2.45, 2.75) is 37.6 Å². The molecule has 19 heavy (non-hydrogen) atoms. The predicted octanol–water partition coefficient (Wildman–Crippen LogP) is 1.84. The molecule has 1 aromatic rings. The average Bonchev–Trinajstić information content (AvgIpc) is 2.27. The van der Waals surface area contributed by atoms with Crippen molar-refractivity contribution in [2.24, 2.45) is 11.1 Å². The zero-order chi connectivity index (χ0) is 13.8. The van der Waals surface area contributed by atoms with Crippen LogP contribution in [0.1, 0.15) is 30.4 Å². The Morgan fingerprint density at radius 1 is 1.42 bits per heavy atom. The molecule has 3 N–H and O–H groups in total. The van der Waals surface area contributed by atoms with Gasteiger partial charge < -0.3 is 15.6 Å². The fraction of sp³-hybridized carbons (Fsp3) is 0.533. The van der Waals surface area contributed by atoms with Crippen molar-refractivity contribution < 1.29 is 14.6 Å². The minimum atomic E-state index is -0.875. The highest BCUT2D eigenvalue weighted by Gasteiger charge is 2.71. The molecule has 0 amide bonds. The van der Waals surface area contributed by atoms with Crippen LogP contribution in [0.15, 0.2) is 18.2 Å². The molecule has 1 atom stereocenters. The molecular formula is C15H19NO3. The molecule has 0 heterocycles. The minimum Gasteiger partial charge on any atom is -0.497 e. The van der Waals surface area contributed by atoms with Crippen LogP contribution in [0.2, 0.25) is 0 Å². The first kappa shape index (κ1) is 12.5. The van der Waals surface area contributed by atoms with Crippen molar-refractivity contribution in [2.75, 3.05) is 7.11 Å². The quantitative estimate of drug-likeness (QED) is 0.867. The van der Waals surface area contributed by atoms with E-state index in [1.165, 1.54) is 11.1 Å². The lowest BCUT2D eigenvalue weighted by Crippen LogP contribution is -2.72. The Hall–Kier alpha value is -1.55. The van der Waals surface area contributed by atoms with Crippen molar-refractivity contribution >= 4 is 5.97 Å². The predicted molar refractivity (Wildman–Crippen MR) is 71.3 cm³/mol. The number of carboxylic acid groups (broad SMARTS) is 1. The van der Waals surface area contributed by atoms with E-state index >= 15 is 0 Å². The molecule has 102 valence electrons. The number of carbonyl (C=O) groups is 1. The van der Waals surface area contributed by atoms with Crippen LogP contribution in [0.4, 0.5) is 0 Å². The third-order valence-corrected chi connectivity index (χ3v) is 5.00. The average molecular weight is 261 g/mol. The van der Waals surface area contributed by atoms with Crippen molar-refractivity contribution in [3.05, 3.63) is 29.3 Å². The van der Waals surface area contributed by atoms with Crippen LogP contribution < -0.4 is 10.5 Å². The summed E-state index contributed by atoms with van der Waals surface area (Å²) in [6.07, 6.45) is 2.71. The van der Waals surface area contributed by atoms with E-state index in [0.29, 0.717) is 0 Å². The number of benzene rings is 1. The molecule has 2 bridgehead atoms. The number of hydrogen-bond acceptors (Lipinski definition) is 3. The molecule has 3 saturated carbocycles. The van der Waals surface area contributed by atoms with E-state index < -0.39 is 12.0 Å². The molecule has 3 aliphatic rings. The zero-order valence-corrected chi connectivity index (χ0v) is 11.3. The van der Waals surface area contributed by atoms with Crippen LogP contribution in [-0.2, 0) is 10.2 Å². The molecule has 1 unspecified atom stereocenters. The molecule has 0 spiro atoms. The Morgan fingerprint density at radius 2 is 2.05 bits per heavy atom. The lowest BCUT2D eigenvalue weighted by molar-refractivity contribution is -0.179. The smallest absolute Gasteiger partial charge is 0.321 e. The van der Waals surface area contributed by atoms with Crippen molar-refractivity contribution in [1.29, 1.82) is 0 Å². The molecule has 4 rings (SSSR count). The van der Waals surface area contributed by atoms with Gasteiger partial charge in [0.2, 0.25) is 0 Å². The first-order chi connectivity index (χ1) is 8.92. The Kier molecular flexibility index (Phi) is 2.45. The number of rotatable bonds is 4. The fourth-order valence-corrected chi connectivity index (χ4v) is 4.10. The summed E-state index contributed by atoms with van der Waals surface area (Å²) in [6.45, 7) is 2.09. The maximum atomic E-state index is 11.0. The molecule has 3 fully saturated rings. The summed E-state index contributed by atoms with van der Waals surface area (Å²) >= 11 is 0. The topological polar surface area (TPSA) is 72.5 Å². The molecule has 3 aliphatic carbocycles. The van der Waals surface area contributed by atoms with Gasteiger partial charge in [-0.25, -0.2) is 0 Å². The minimum absolute atomic E-state index is 0.155. The van der Waals surface area contributed by atoms with Crippen LogP contribution >= 0.6 is 0 Å². The highest BCUT2D eigenvalue weighted by Crippen LogP contribution is 2.75. The molecule has 0 aliphatic heterocycles. The second-order valence-electron chi connectivity index (χ2n) is 6.17. The number of methoxy groups -OCH3 is 1. The zero-order valence-electron chi connectivity index (χ0n) is 11.3. The second-order valence-corrected chi connectivity index (χ2v) is 6.17. The van der Waals surface area contributed by atoms with Crippen LogP contribution in [0.3, 0.4) is 0 Å². The third kappa shape index (κ3) is 1.53. The van der Waals surface area contributed by atoms with Crippen molar-refractivity contribution in [1.82, 2.24) is 0 Å². The molecular weight excluding hydrogens is 242 g/mol. The van der Waals surface area contributed by atoms with E-state index in [1.54, 1.807) is 7.11 Å². The van der Waals surface area contributed by atoms with Gasteiger partial charge in [-0.3, -0.25) is 4.79 Å². The summed E-state index contributed by atoms with van der Waals surface area (Å²) in [7, 11) is 1.66. The third-order valence-electron chi connectivity index (χ3n) is 5.00. The van der Waals surface area contributed by atoms with E-state index in [9.17, 15) is 4.79 Å². The van der Waals surface area contributed by atoms with Gasteiger partial charge in [0.1, 0.15) is 11.8 Å². The van der Waals surface area contributed by atoms with Gasteiger partial charge in [-0.05, 0) is 60.3 Å². The number of carboxylic acids is 1. The molecule has 4 heteroatoms. The van der Waals surface area contributed by atoms with Gasteiger partial charge in [0.15, 0.2) is 0 Å². The number of aliphatic carboxylic acids is 1. The monoisotopic (exact) mass is 261 g/mol. The van der Waals surface area contributed by atoms with Gasteiger partial charge in [-0.15, -0.1) is 0 Å². The first-order valence-electron chi connectivity index (χ1n) is 6.56. The highest BCUT2D eigenvalue weighted by molar-refractivity contribution is 5.76. The number of aryl methyl sites for hydroxylation is 1. The number of ether oxygens (including phenoxy) is 1. The van der Waals surface area contributed by atoms with Crippen LogP contribution in [0.25, 0.3) is 0 Å². The molecule has 4 nitrogen and oxygen atoms in total. The van der Waals surface area contributed by atoms with Gasteiger partial charge in [-0.2, -0.15) is 0 Å². The Morgan fingerprint density at radius 3 is 2.53 bits per heavy atom. The molecule has 0 saturated heterocycles. The van der Waals surface area contributed by atoms with Crippen LogP contribution in [-0.4, -0.2) is 24.2 Å². The van der Waals surface area contributed by atoms with E-state index in [0.717, 1.165) is 25.0 Å².